The van der Waals surface area contributed by atoms with Crippen molar-refractivity contribution in [3.63, 3.8) is 0 Å². The van der Waals surface area contributed by atoms with Crippen molar-refractivity contribution >= 4 is 10.0 Å². The van der Waals surface area contributed by atoms with Crippen LogP contribution in [-0.2, 0) is 16.4 Å². The van der Waals surface area contributed by atoms with Gasteiger partial charge in [0.05, 0.1) is 4.90 Å². The van der Waals surface area contributed by atoms with E-state index >= 15 is 0 Å². The van der Waals surface area contributed by atoms with Gasteiger partial charge in [0.2, 0.25) is 10.0 Å². The summed E-state index contributed by atoms with van der Waals surface area (Å²) >= 11 is 0. The molecule has 1 saturated heterocycles. The van der Waals surface area contributed by atoms with Crippen LogP contribution in [0.5, 0.6) is 0 Å². The third kappa shape index (κ3) is 3.34. The van der Waals surface area contributed by atoms with Crippen molar-refractivity contribution < 1.29 is 12.8 Å². The second-order valence-corrected chi connectivity index (χ2v) is 8.37. The first-order valence-electron chi connectivity index (χ1n) is 8.02. The Balaban J connectivity index is 1.72. The molecule has 0 amide bonds. The predicted molar refractivity (Wildman–Crippen MR) is 87.4 cm³/mol. The molecular formula is C16H21FN4O2S. The summed E-state index contributed by atoms with van der Waals surface area (Å²) in [4.78, 5) is 0.00787. The lowest BCUT2D eigenvalue weighted by molar-refractivity contribution is 0.446. The highest BCUT2D eigenvalue weighted by Gasteiger charge is 2.33. The lowest BCUT2D eigenvalue weighted by Gasteiger charge is -2.17. The van der Waals surface area contributed by atoms with Crippen LogP contribution in [0.1, 0.15) is 32.1 Å². The molecule has 24 heavy (non-hydrogen) atoms. The highest BCUT2D eigenvalue weighted by Crippen LogP contribution is 2.27. The van der Waals surface area contributed by atoms with Gasteiger partial charge in [-0.3, -0.25) is 0 Å². The fourth-order valence-electron chi connectivity index (χ4n) is 3.06. The minimum Gasteiger partial charge on any atom is -0.315 e. The fraction of sp³-hybridized carbons (Fsp3) is 0.500. The zero-order valence-electron chi connectivity index (χ0n) is 13.8. The highest BCUT2D eigenvalue weighted by molar-refractivity contribution is 7.89. The molecule has 0 saturated carbocycles. The van der Waals surface area contributed by atoms with Crippen LogP contribution < -0.4 is 0 Å². The van der Waals surface area contributed by atoms with Crippen molar-refractivity contribution in [1.82, 2.24) is 19.1 Å². The molecular weight excluding hydrogens is 331 g/mol. The first-order chi connectivity index (χ1) is 11.4. The first-order valence-corrected chi connectivity index (χ1v) is 9.46. The van der Waals surface area contributed by atoms with Crippen LogP contribution >= 0.6 is 0 Å². The molecule has 2 aromatic rings. The summed E-state index contributed by atoms with van der Waals surface area (Å²) in [6.07, 6.45) is 3.16. The standard InChI is InChI=1S/C16H21FN4O2S/c1-12(2)21-11-18-19-16(21)8-13-6-7-20(10-13)24(22,23)15-5-3-4-14(17)9-15/h3-5,9,11-13H,6-8,10H2,1-2H3. The average molecular weight is 352 g/mol. The van der Waals surface area contributed by atoms with Crippen LogP contribution in [0.15, 0.2) is 35.5 Å². The molecule has 1 aromatic heterocycles. The molecule has 0 N–H and O–H groups in total. The zero-order chi connectivity index (χ0) is 17.3. The Morgan fingerprint density at radius 1 is 1.38 bits per heavy atom. The molecule has 1 aliphatic heterocycles. The minimum atomic E-state index is -3.65. The molecule has 1 atom stereocenters. The van der Waals surface area contributed by atoms with Crippen molar-refractivity contribution in [3.05, 3.63) is 42.2 Å². The second-order valence-electron chi connectivity index (χ2n) is 6.43. The van der Waals surface area contributed by atoms with Gasteiger partial charge in [-0.1, -0.05) is 6.07 Å². The van der Waals surface area contributed by atoms with Gasteiger partial charge in [-0.15, -0.1) is 10.2 Å². The molecule has 0 radical (unpaired) electrons. The third-order valence-electron chi connectivity index (χ3n) is 4.36. The molecule has 1 unspecified atom stereocenters. The molecule has 6 nitrogen and oxygen atoms in total. The van der Waals surface area contributed by atoms with Crippen molar-refractivity contribution in [1.29, 1.82) is 0 Å². The average Bonchev–Trinajstić information content (AvgIpc) is 3.17. The van der Waals surface area contributed by atoms with Crippen LogP contribution in [0.25, 0.3) is 0 Å². The molecule has 0 spiro atoms. The van der Waals surface area contributed by atoms with Gasteiger partial charge in [-0.2, -0.15) is 4.31 Å². The van der Waals surface area contributed by atoms with Gasteiger partial charge in [0.15, 0.2) is 0 Å². The monoisotopic (exact) mass is 352 g/mol. The van der Waals surface area contributed by atoms with E-state index in [9.17, 15) is 12.8 Å². The van der Waals surface area contributed by atoms with E-state index in [0.717, 1.165) is 18.3 Å². The first kappa shape index (κ1) is 17.0. The van der Waals surface area contributed by atoms with Gasteiger partial charge in [-0.25, -0.2) is 12.8 Å². The summed E-state index contributed by atoms with van der Waals surface area (Å²) in [5.41, 5.74) is 0. The van der Waals surface area contributed by atoms with Crippen LogP contribution in [-0.4, -0.2) is 40.6 Å². The summed E-state index contributed by atoms with van der Waals surface area (Å²) in [5.74, 6) is 0.520. The van der Waals surface area contributed by atoms with Crippen molar-refractivity contribution in [2.24, 2.45) is 5.92 Å². The molecule has 130 valence electrons. The number of hydrogen-bond acceptors (Lipinski definition) is 4. The van der Waals surface area contributed by atoms with Crippen LogP contribution in [0.3, 0.4) is 0 Å². The maximum atomic E-state index is 13.3. The Hall–Kier alpha value is -1.80. The van der Waals surface area contributed by atoms with E-state index in [0.29, 0.717) is 19.5 Å². The maximum absolute atomic E-state index is 13.3. The lowest BCUT2D eigenvalue weighted by atomic mass is 10.0. The Kier molecular flexibility index (Phi) is 4.69. The van der Waals surface area contributed by atoms with Gasteiger partial charge >= 0.3 is 0 Å². The summed E-state index contributed by atoms with van der Waals surface area (Å²) in [6, 6.07) is 5.42. The Morgan fingerprint density at radius 2 is 2.17 bits per heavy atom. The molecule has 1 aliphatic rings. The number of nitrogens with zero attached hydrogens (tertiary/aromatic N) is 4. The van der Waals surface area contributed by atoms with E-state index in [4.69, 9.17) is 0 Å². The summed E-state index contributed by atoms with van der Waals surface area (Å²) in [6.45, 7) is 4.98. The third-order valence-corrected chi connectivity index (χ3v) is 6.22. The Morgan fingerprint density at radius 3 is 2.88 bits per heavy atom. The summed E-state index contributed by atoms with van der Waals surface area (Å²) in [7, 11) is -3.65. The molecule has 1 fully saturated rings. The smallest absolute Gasteiger partial charge is 0.243 e. The Bertz CT molecular complexity index is 819. The van der Waals surface area contributed by atoms with E-state index in [1.807, 2.05) is 4.57 Å². The Labute approximate surface area is 141 Å². The van der Waals surface area contributed by atoms with Crippen LogP contribution in [0.2, 0.25) is 0 Å². The lowest BCUT2D eigenvalue weighted by Crippen LogP contribution is -2.29. The molecule has 0 bridgehead atoms. The fourth-order valence-corrected chi connectivity index (χ4v) is 4.62. The van der Waals surface area contributed by atoms with E-state index in [2.05, 4.69) is 24.0 Å². The van der Waals surface area contributed by atoms with Crippen molar-refractivity contribution in [3.8, 4) is 0 Å². The number of rotatable bonds is 5. The van der Waals surface area contributed by atoms with E-state index < -0.39 is 15.8 Å². The zero-order valence-corrected chi connectivity index (χ0v) is 14.6. The number of hydrogen-bond donors (Lipinski definition) is 0. The molecule has 2 heterocycles. The number of aromatic nitrogens is 3. The van der Waals surface area contributed by atoms with Crippen LogP contribution in [0.4, 0.5) is 4.39 Å². The number of halogens is 1. The minimum absolute atomic E-state index is 0.00787. The molecule has 1 aromatic carbocycles. The molecule has 8 heteroatoms. The van der Waals surface area contributed by atoms with E-state index in [1.54, 1.807) is 6.33 Å². The largest absolute Gasteiger partial charge is 0.315 e. The normalized spacial score (nSPS) is 19.2. The van der Waals surface area contributed by atoms with Gasteiger partial charge in [0.25, 0.3) is 0 Å². The maximum Gasteiger partial charge on any atom is 0.243 e. The van der Waals surface area contributed by atoms with Gasteiger partial charge < -0.3 is 4.57 Å². The number of benzene rings is 1. The van der Waals surface area contributed by atoms with Gasteiger partial charge in [0, 0.05) is 25.6 Å². The van der Waals surface area contributed by atoms with Crippen molar-refractivity contribution in [2.45, 2.75) is 37.6 Å². The second kappa shape index (κ2) is 6.60. The van der Waals surface area contributed by atoms with E-state index in [-0.39, 0.29) is 16.9 Å². The summed E-state index contributed by atoms with van der Waals surface area (Å²) < 4.78 is 42.0. The highest BCUT2D eigenvalue weighted by atomic mass is 32.2. The topological polar surface area (TPSA) is 68.1 Å². The van der Waals surface area contributed by atoms with Gasteiger partial charge in [0.1, 0.15) is 18.0 Å². The van der Waals surface area contributed by atoms with Crippen LogP contribution in [0, 0.1) is 11.7 Å². The predicted octanol–water partition coefficient (Wildman–Crippen LogP) is 2.25. The SMILES string of the molecule is CC(C)n1cnnc1CC1CCN(S(=O)(=O)c2cccc(F)c2)C1. The summed E-state index contributed by atoms with van der Waals surface area (Å²) in [5, 5.41) is 8.10. The van der Waals surface area contributed by atoms with Crippen molar-refractivity contribution in [2.75, 3.05) is 13.1 Å². The molecule has 3 rings (SSSR count). The van der Waals surface area contributed by atoms with E-state index in [1.165, 1.54) is 22.5 Å². The molecule has 0 aliphatic carbocycles. The number of sulfonamides is 1. The quantitative estimate of drug-likeness (QED) is 0.828. The van der Waals surface area contributed by atoms with Gasteiger partial charge in [-0.05, 0) is 44.4 Å².